The van der Waals surface area contributed by atoms with Gasteiger partial charge in [0.25, 0.3) is 5.91 Å². The van der Waals surface area contributed by atoms with E-state index in [0.717, 1.165) is 34.3 Å². The molecule has 0 atom stereocenters. The van der Waals surface area contributed by atoms with E-state index in [0.29, 0.717) is 5.56 Å². The van der Waals surface area contributed by atoms with Crippen molar-refractivity contribution in [1.82, 2.24) is 0 Å². The molecule has 21 heavy (non-hydrogen) atoms. The van der Waals surface area contributed by atoms with Gasteiger partial charge in [0.05, 0.1) is 5.56 Å². The van der Waals surface area contributed by atoms with Crippen LogP contribution in [0.5, 0.6) is 0 Å². The molecule has 0 saturated heterocycles. The predicted octanol–water partition coefficient (Wildman–Crippen LogP) is 4.76. The summed E-state index contributed by atoms with van der Waals surface area (Å²) < 4.78 is 1.15. The Morgan fingerprint density at radius 3 is 2.52 bits per heavy atom. The summed E-state index contributed by atoms with van der Waals surface area (Å²) in [5.74, 6) is -0.0872. The lowest BCUT2D eigenvalue weighted by Gasteiger charge is -2.12. The average molecular weight is 394 g/mol. The zero-order valence-corrected chi connectivity index (χ0v) is 14.2. The summed E-state index contributed by atoms with van der Waals surface area (Å²) in [6.45, 7) is 3.03. The first-order valence-corrected chi connectivity index (χ1v) is 8.18. The van der Waals surface area contributed by atoms with Crippen molar-refractivity contribution < 1.29 is 4.79 Å². The summed E-state index contributed by atoms with van der Waals surface area (Å²) in [4.78, 5) is 12.4. The average Bonchev–Trinajstić information content (AvgIpc) is 2.50. The van der Waals surface area contributed by atoms with Crippen LogP contribution in [0.4, 0.5) is 11.4 Å². The quantitative estimate of drug-likeness (QED) is 0.548. The molecule has 3 nitrogen and oxygen atoms in total. The number of rotatable bonds is 6. The monoisotopic (exact) mass is 394 g/mol. The number of amides is 1. The van der Waals surface area contributed by atoms with E-state index in [1.54, 1.807) is 0 Å². The second kappa shape index (κ2) is 8.02. The number of nitrogens with one attached hydrogen (secondary N) is 2. The molecule has 0 aliphatic carbocycles. The molecule has 1 amide bonds. The molecule has 0 radical (unpaired) electrons. The summed E-state index contributed by atoms with van der Waals surface area (Å²) in [6, 6.07) is 15.4. The van der Waals surface area contributed by atoms with Crippen molar-refractivity contribution in [1.29, 1.82) is 0 Å². The van der Waals surface area contributed by atoms with Gasteiger partial charge in [0.15, 0.2) is 0 Å². The van der Waals surface area contributed by atoms with Crippen molar-refractivity contribution in [2.45, 2.75) is 19.8 Å². The smallest absolute Gasteiger partial charge is 0.257 e. The summed E-state index contributed by atoms with van der Waals surface area (Å²) in [6.07, 6.45) is 2.22. The van der Waals surface area contributed by atoms with Gasteiger partial charge in [-0.15, -0.1) is 0 Å². The van der Waals surface area contributed by atoms with Crippen LogP contribution < -0.4 is 10.6 Å². The number of carbonyl (C=O) groups is 1. The normalized spacial score (nSPS) is 10.2. The van der Waals surface area contributed by atoms with E-state index in [4.69, 9.17) is 0 Å². The van der Waals surface area contributed by atoms with Gasteiger partial charge in [-0.2, -0.15) is 0 Å². The van der Waals surface area contributed by atoms with Crippen LogP contribution in [-0.4, -0.2) is 12.5 Å². The van der Waals surface area contributed by atoms with Crippen molar-refractivity contribution in [3.8, 4) is 0 Å². The van der Waals surface area contributed by atoms with Crippen LogP contribution in [-0.2, 0) is 0 Å². The molecule has 0 aliphatic rings. The molecule has 0 bridgehead atoms. The van der Waals surface area contributed by atoms with E-state index < -0.39 is 0 Å². The Morgan fingerprint density at radius 2 is 1.81 bits per heavy atom. The van der Waals surface area contributed by atoms with Crippen molar-refractivity contribution in [3.63, 3.8) is 0 Å². The van der Waals surface area contributed by atoms with Gasteiger partial charge in [0, 0.05) is 21.5 Å². The summed E-state index contributed by atoms with van der Waals surface area (Å²) in [5, 5.41) is 6.26. The number of hydrogen-bond donors (Lipinski definition) is 2. The molecule has 2 aromatic rings. The molecular weight excluding hydrogens is 375 g/mol. The van der Waals surface area contributed by atoms with Gasteiger partial charge in [-0.05, 0) is 65.4 Å². The van der Waals surface area contributed by atoms with E-state index in [9.17, 15) is 4.79 Å². The molecule has 0 fully saturated rings. The lowest BCUT2D eigenvalue weighted by atomic mass is 10.1. The summed E-state index contributed by atoms with van der Waals surface area (Å²) >= 11 is 2.24. The van der Waals surface area contributed by atoms with Gasteiger partial charge in [-0.3, -0.25) is 4.79 Å². The van der Waals surface area contributed by atoms with Crippen LogP contribution >= 0.6 is 22.6 Å². The molecule has 0 aliphatic heterocycles. The van der Waals surface area contributed by atoms with Gasteiger partial charge >= 0.3 is 0 Å². The van der Waals surface area contributed by atoms with Crippen LogP contribution in [0.25, 0.3) is 0 Å². The largest absolute Gasteiger partial charge is 0.384 e. The highest BCUT2D eigenvalue weighted by Crippen LogP contribution is 2.18. The number of halogens is 1. The Balaban J connectivity index is 2.09. The van der Waals surface area contributed by atoms with Crippen molar-refractivity contribution in [3.05, 3.63) is 57.7 Å². The second-order valence-electron chi connectivity index (χ2n) is 4.79. The van der Waals surface area contributed by atoms with Crippen molar-refractivity contribution >= 4 is 39.9 Å². The Hall–Kier alpha value is -1.56. The lowest BCUT2D eigenvalue weighted by Crippen LogP contribution is -2.15. The van der Waals surface area contributed by atoms with E-state index in [1.165, 1.54) is 0 Å². The minimum absolute atomic E-state index is 0.0872. The summed E-state index contributed by atoms with van der Waals surface area (Å²) in [7, 11) is 0. The van der Waals surface area contributed by atoms with Gasteiger partial charge in [-0.25, -0.2) is 0 Å². The Labute approximate surface area is 139 Å². The Bertz CT molecular complexity index is 596. The Kier molecular flexibility index (Phi) is 6.04. The molecule has 0 heterocycles. The second-order valence-corrected chi connectivity index (χ2v) is 6.03. The third-order valence-electron chi connectivity index (χ3n) is 3.12. The predicted molar refractivity (Wildman–Crippen MR) is 97.0 cm³/mol. The summed E-state index contributed by atoms with van der Waals surface area (Å²) in [5.41, 5.74) is 2.37. The maximum atomic E-state index is 12.4. The number of anilines is 2. The zero-order valence-electron chi connectivity index (χ0n) is 12.0. The number of hydrogen-bond acceptors (Lipinski definition) is 2. The Morgan fingerprint density at radius 1 is 1.10 bits per heavy atom. The number of carbonyl (C=O) groups excluding carboxylic acids is 1. The van der Waals surface area contributed by atoms with Crippen LogP contribution in [0.15, 0.2) is 48.5 Å². The molecule has 2 aromatic carbocycles. The first-order valence-electron chi connectivity index (χ1n) is 7.10. The third-order valence-corrected chi connectivity index (χ3v) is 3.84. The van der Waals surface area contributed by atoms with Crippen molar-refractivity contribution in [2.75, 3.05) is 17.2 Å². The standard InChI is InChI=1S/C17H19IN2O/c1-2-3-12-19-16-7-5-4-6-15(16)17(21)20-14-10-8-13(18)9-11-14/h4-11,19H,2-3,12H2,1H3,(H,20,21). The first kappa shape index (κ1) is 15.8. The van der Waals surface area contributed by atoms with E-state index >= 15 is 0 Å². The van der Waals surface area contributed by atoms with Gasteiger partial charge in [0.2, 0.25) is 0 Å². The van der Waals surface area contributed by atoms with E-state index in [-0.39, 0.29) is 5.91 Å². The molecule has 0 unspecified atom stereocenters. The van der Waals surface area contributed by atoms with Gasteiger partial charge in [-0.1, -0.05) is 25.5 Å². The van der Waals surface area contributed by atoms with Gasteiger partial charge < -0.3 is 10.6 Å². The van der Waals surface area contributed by atoms with Crippen LogP contribution in [0.2, 0.25) is 0 Å². The van der Waals surface area contributed by atoms with E-state index in [1.807, 2.05) is 48.5 Å². The molecule has 0 saturated carbocycles. The highest BCUT2D eigenvalue weighted by molar-refractivity contribution is 14.1. The van der Waals surface area contributed by atoms with Gasteiger partial charge in [0.1, 0.15) is 0 Å². The van der Waals surface area contributed by atoms with Crippen LogP contribution in [0.1, 0.15) is 30.1 Å². The van der Waals surface area contributed by atoms with E-state index in [2.05, 4.69) is 40.1 Å². The fraction of sp³-hybridized carbons (Fsp3) is 0.235. The lowest BCUT2D eigenvalue weighted by molar-refractivity contribution is 0.102. The molecule has 2 rings (SSSR count). The minimum Gasteiger partial charge on any atom is -0.384 e. The van der Waals surface area contributed by atoms with Crippen molar-refractivity contribution in [2.24, 2.45) is 0 Å². The fourth-order valence-corrected chi connectivity index (χ4v) is 2.33. The van der Waals surface area contributed by atoms with Crippen LogP contribution in [0.3, 0.4) is 0 Å². The minimum atomic E-state index is -0.0872. The fourth-order valence-electron chi connectivity index (χ4n) is 1.97. The number of benzene rings is 2. The number of unbranched alkanes of at least 4 members (excludes halogenated alkanes) is 1. The maximum absolute atomic E-state index is 12.4. The first-order chi connectivity index (χ1) is 10.2. The molecule has 2 N–H and O–H groups in total. The molecule has 4 heteroatoms. The third kappa shape index (κ3) is 4.74. The molecule has 0 spiro atoms. The molecule has 110 valence electrons. The molecular formula is C17H19IN2O. The van der Waals surface area contributed by atoms with Crippen LogP contribution in [0, 0.1) is 3.57 Å². The molecule has 0 aromatic heterocycles. The topological polar surface area (TPSA) is 41.1 Å². The highest BCUT2D eigenvalue weighted by Gasteiger charge is 2.10. The maximum Gasteiger partial charge on any atom is 0.257 e. The SMILES string of the molecule is CCCCNc1ccccc1C(=O)Nc1ccc(I)cc1. The number of para-hydroxylation sites is 1. The highest BCUT2D eigenvalue weighted by atomic mass is 127. The zero-order chi connectivity index (χ0) is 15.1.